The maximum Gasteiger partial charge on any atom is 0.328 e. The second-order valence-electron chi connectivity index (χ2n) is 6.89. The van der Waals surface area contributed by atoms with Gasteiger partial charge in [-0.15, -0.1) is 0 Å². The molecule has 0 radical (unpaired) electrons. The van der Waals surface area contributed by atoms with Crippen molar-refractivity contribution in [1.82, 2.24) is 15.1 Å². The predicted molar refractivity (Wildman–Crippen MR) is 94.0 cm³/mol. The number of carbonyl (C=O) groups is 2. The van der Waals surface area contributed by atoms with E-state index >= 15 is 0 Å². The lowest BCUT2D eigenvalue weighted by Gasteiger charge is -2.29. The fourth-order valence-corrected chi connectivity index (χ4v) is 2.53. The van der Waals surface area contributed by atoms with Crippen molar-refractivity contribution in [2.45, 2.75) is 39.8 Å². The Labute approximate surface area is 146 Å². The molecule has 1 N–H and O–H groups in total. The predicted octanol–water partition coefficient (Wildman–Crippen LogP) is 1.49. The number of esters is 1. The minimum absolute atomic E-state index is 0.128. The molecular formula is C18H23N3O4. The van der Waals surface area contributed by atoms with E-state index in [1.165, 1.54) is 13.3 Å². The highest BCUT2D eigenvalue weighted by Gasteiger charge is 2.33. The van der Waals surface area contributed by atoms with Crippen LogP contribution >= 0.6 is 0 Å². The molecule has 1 heterocycles. The van der Waals surface area contributed by atoms with Gasteiger partial charge in [0.25, 0.3) is 0 Å². The van der Waals surface area contributed by atoms with Gasteiger partial charge in [0.05, 0.1) is 25.4 Å². The van der Waals surface area contributed by atoms with Crippen molar-refractivity contribution in [2.75, 3.05) is 7.11 Å². The van der Waals surface area contributed by atoms with Gasteiger partial charge in [0.15, 0.2) is 0 Å². The molecule has 2 rings (SSSR count). The molecule has 134 valence electrons. The molecule has 0 saturated heterocycles. The lowest BCUT2D eigenvalue weighted by molar-refractivity contribution is -0.148. The van der Waals surface area contributed by atoms with Crippen molar-refractivity contribution in [3.63, 3.8) is 0 Å². The van der Waals surface area contributed by atoms with E-state index in [0.717, 1.165) is 0 Å². The third kappa shape index (κ3) is 4.43. The van der Waals surface area contributed by atoms with E-state index in [1.54, 1.807) is 22.9 Å². The van der Waals surface area contributed by atoms with Crippen LogP contribution in [0.3, 0.4) is 0 Å². The van der Waals surface area contributed by atoms with E-state index in [1.807, 2.05) is 26.8 Å². The SMILES string of the molecule is COC(=O)[C@@H](NC(=O)CCn1ncc(=O)c2ccccc21)C(C)(C)C. The lowest BCUT2D eigenvalue weighted by Crippen LogP contribution is -2.49. The summed E-state index contributed by atoms with van der Waals surface area (Å²) in [7, 11) is 1.30. The van der Waals surface area contributed by atoms with Crippen LogP contribution in [0, 0.1) is 5.41 Å². The van der Waals surface area contributed by atoms with Crippen LogP contribution in [-0.2, 0) is 20.9 Å². The van der Waals surface area contributed by atoms with Gasteiger partial charge in [-0.05, 0) is 17.5 Å². The number of nitrogens with one attached hydrogen (secondary N) is 1. The first-order valence-corrected chi connectivity index (χ1v) is 8.06. The summed E-state index contributed by atoms with van der Waals surface area (Å²) in [6.45, 7) is 5.85. The van der Waals surface area contributed by atoms with E-state index < -0.39 is 17.4 Å². The van der Waals surface area contributed by atoms with Crippen molar-refractivity contribution in [1.29, 1.82) is 0 Å². The molecule has 0 fully saturated rings. The molecule has 1 amide bonds. The van der Waals surface area contributed by atoms with E-state index in [4.69, 9.17) is 4.74 Å². The molecule has 7 nitrogen and oxygen atoms in total. The highest BCUT2D eigenvalue weighted by atomic mass is 16.5. The van der Waals surface area contributed by atoms with Crippen LogP contribution in [0.1, 0.15) is 27.2 Å². The van der Waals surface area contributed by atoms with Gasteiger partial charge in [-0.2, -0.15) is 5.10 Å². The van der Waals surface area contributed by atoms with Gasteiger partial charge in [0.2, 0.25) is 11.3 Å². The molecule has 0 spiro atoms. The maximum absolute atomic E-state index is 12.3. The van der Waals surface area contributed by atoms with Gasteiger partial charge < -0.3 is 10.1 Å². The third-order valence-corrected chi connectivity index (χ3v) is 3.92. The minimum Gasteiger partial charge on any atom is -0.467 e. The van der Waals surface area contributed by atoms with Crippen LogP contribution in [-0.4, -0.2) is 34.8 Å². The van der Waals surface area contributed by atoms with E-state index in [0.29, 0.717) is 17.4 Å². The van der Waals surface area contributed by atoms with Crippen molar-refractivity contribution in [2.24, 2.45) is 5.41 Å². The van der Waals surface area contributed by atoms with Gasteiger partial charge in [-0.1, -0.05) is 32.9 Å². The third-order valence-electron chi connectivity index (χ3n) is 3.92. The van der Waals surface area contributed by atoms with Gasteiger partial charge >= 0.3 is 5.97 Å². The number of ether oxygens (including phenoxy) is 1. The molecule has 25 heavy (non-hydrogen) atoms. The largest absolute Gasteiger partial charge is 0.467 e. The topological polar surface area (TPSA) is 90.3 Å². The average molecular weight is 345 g/mol. The number of rotatable bonds is 5. The molecule has 7 heteroatoms. The standard InChI is InChI=1S/C18H23N3O4/c1-18(2,3)16(17(24)25-4)20-15(23)9-10-21-13-8-6-5-7-12(13)14(22)11-19-21/h5-8,11,16H,9-10H2,1-4H3,(H,20,23)/t16-/m1/s1. The van der Waals surface area contributed by atoms with Gasteiger partial charge in [0.1, 0.15) is 6.04 Å². The summed E-state index contributed by atoms with van der Waals surface area (Å²) in [6.07, 6.45) is 1.37. The molecule has 2 aromatic rings. The summed E-state index contributed by atoms with van der Waals surface area (Å²) >= 11 is 0. The number of nitrogens with zero attached hydrogens (tertiary/aromatic N) is 2. The van der Waals surface area contributed by atoms with Crippen LogP contribution < -0.4 is 10.7 Å². The van der Waals surface area contributed by atoms with Crippen LogP contribution in [0.4, 0.5) is 0 Å². The van der Waals surface area contributed by atoms with Crippen molar-refractivity contribution in [3.8, 4) is 0 Å². The summed E-state index contributed by atoms with van der Waals surface area (Å²) in [5.41, 5.74) is 0.0448. The molecule has 0 saturated carbocycles. The number of aryl methyl sites for hydroxylation is 1. The zero-order valence-corrected chi connectivity index (χ0v) is 14.9. The second kappa shape index (κ2) is 7.46. The van der Waals surface area contributed by atoms with Gasteiger partial charge in [-0.25, -0.2) is 4.79 Å². The number of hydrogen-bond donors (Lipinski definition) is 1. The Hall–Kier alpha value is -2.70. The fraction of sp³-hybridized carbons (Fsp3) is 0.444. The first-order valence-electron chi connectivity index (χ1n) is 8.06. The molecule has 1 aromatic heterocycles. The van der Waals surface area contributed by atoms with E-state index in [-0.39, 0.29) is 17.8 Å². The van der Waals surface area contributed by atoms with Crippen molar-refractivity contribution in [3.05, 3.63) is 40.7 Å². The average Bonchev–Trinajstić information content (AvgIpc) is 2.57. The zero-order chi connectivity index (χ0) is 18.6. The van der Waals surface area contributed by atoms with Crippen LogP contribution in [0.5, 0.6) is 0 Å². The molecule has 1 atom stereocenters. The quantitative estimate of drug-likeness (QED) is 0.829. The maximum atomic E-state index is 12.3. The number of fused-ring (bicyclic) bond motifs is 1. The second-order valence-corrected chi connectivity index (χ2v) is 6.89. The van der Waals surface area contributed by atoms with Crippen molar-refractivity contribution < 1.29 is 14.3 Å². The summed E-state index contributed by atoms with van der Waals surface area (Å²) in [6, 6.07) is 6.37. The molecular weight excluding hydrogens is 322 g/mol. The van der Waals surface area contributed by atoms with E-state index in [9.17, 15) is 14.4 Å². The Morgan fingerprint density at radius 1 is 1.28 bits per heavy atom. The highest BCUT2D eigenvalue weighted by molar-refractivity contribution is 5.85. The number of benzene rings is 1. The molecule has 0 bridgehead atoms. The molecule has 0 aliphatic rings. The smallest absolute Gasteiger partial charge is 0.328 e. The molecule has 0 aliphatic carbocycles. The van der Waals surface area contributed by atoms with Crippen molar-refractivity contribution >= 4 is 22.8 Å². The summed E-state index contributed by atoms with van der Waals surface area (Å²) in [4.78, 5) is 36.0. The van der Waals surface area contributed by atoms with E-state index in [2.05, 4.69) is 10.4 Å². The Kier molecular flexibility index (Phi) is 5.56. The summed E-state index contributed by atoms with van der Waals surface area (Å²) < 4.78 is 6.38. The number of para-hydroxylation sites is 1. The number of methoxy groups -OCH3 is 1. The Morgan fingerprint density at radius 3 is 2.60 bits per heavy atom. The first-order chi connectivity index (χ1) is 11.7. The van der Waals surface area contributed by atoms with Crippen LogP contribution in [0.15, 0.2) is 35.3 Å². The zero-order valence-electron chi connectivity index (χ0n) is 14.9. The number of carbonyl (C=O) groups excluding carboxylic acids is 2. The lowest BCUT2D eigenvalue weighted by atomic mass is 9.86. The fourth-order valence-electron chi connectivity index (χ4n) is 2.53. The van der Waals surface area contributed by atoms with Gasteiger partial charge in [-0.3, -0.25) is 14.3 Å². The number of hydrogen-bond acceptors (Lipinski definition) is 5. The molecule has 0 aliphatic heterocycles. The first kappa shape index (κ1) is 18.6. The normalized spacial score (nSPS) is 12.6. The number of aromatic nitrogens is 2. The molecule has 0 unspecified atom stereocenters. The highest BCUT2D eigenvalue weighted by Crippen LogP contribution is 2.20. The van der Waals surface area contributed by atoms with Crippen LogP contribution in [0.2, 0.25) is 0 Å². The summed E-state index contributed by atoms with van der Waals surface area (Å²) in [5, 5.41) is 7.37. The Balaban J connectivity index is 2.11. The Bertz CT molecular complexity index is 836. The Morgan fingerprint density at radius 2 is 1.96 bits per heavy atom. The summed E-state index contributed by atoms with van der Waals surface area (Å²) in [5.74, 6) is -0.761. The monoisotopic (exact) mass is 345 g/mol. The number of amides is 1. The van der Waals surface area contributed by atoms with Crippen LogP contribution in [0.25, 0.3) is 10.9 Å². The minimum atomic E-state index is -0.733. The molecule has 1 aromatic carbocycles. The van der Waals surface area contributed by atoms with Gasteiger partial charge in [0, 0.05) is 11.8 Å².